The minimum atomic E-state index is -0.302. The van der Waals surface area contributed by atoms with Gasteiger partial charge in [-0.25, -0.2) is 15.0 Å². The van der Waals surface area contributed by atoms with Crippen LogP contribution in [-0.4, -0.2) is 38.1 Å². The number of aliphatic imine (C=N–C) groups is 1. The Morgan fingerprint density at radius 3 is 2.92 bits per heavy atom. The van der Waals surface area contributed by atoms with Crippen LogP contribution in [0.1, 0.15) is 30.3 Å². The third-order valence-corrected chi connectivity index (χ3v) is 5.38. The highest BCUT2D eigenvalue weighted by molar-refractivity contribution is 5.78. The van der Waals surface area contributed by atoms with Crippen LogP contribution < -0.4 is 10.1 Å². The number of hydrazine groups is 1. The van der Waals surface area contributed by atoms with Crippen molar-refractivity contribution in [2.24, 2.45) is 4.99 Å². The number of imidazole rings is 1. The Balaban J connectivity index is 1.50. The van der Waals surface area contributed by atoms with Gasteiger partial charge in [0, 0.05) is 12.7 Å². The van der Waals surface area contributed by atoms with Gasteiger partial charge in [0.25, 0.3) is 0 Å². The first-order valence-electron chi connectivity index (χ1n) is 8.52. The van der Waals surface area contributed by atoms with Crippen LogP contribution >= 0.6 is 0 Å². The zero-order valence-electron chi connectivity index (χ0n) is 14.1. The number of aromatic nitrogens is 5. The van der Waals surface area contributed by atoms with Gasteiger partial charge in [-0.2, -0.15) is 5.12 Å². The molecular weight excluding hydrogens is 332 g/mol. The van der Waals surface area contributed by atoms with Crippen LogP contribution in [0.4, 0.5) is 5.82 Å². The molecule has 4 heterocycles. The normalized spacial score (nSPS) is 21.5. The predicted molar refractivity (Wildman–Crippen MR) is 93.4 cm³/mol. The van der Waals surface area contributed by atoms with Gasteiger partial charge in [-0.05, 0) is 24.1 Å². The lowest BCUT2D eigenvalue weighted by molar-refractivity contribution is 0.0710. The maximum Gasteiger partial charge on any atom is 0.173 e. The molecule has 1 unspecified atom stereocenters. The lowest BCUT2D eigenvalue weighted by atomic mass is 10.1. The number of hydrogen-bond donors (Lipinski definition) is 0. The number of para-hydroxylation sites is 1. The first kappa shape index (κ1) is 14.0. The van der Waals surface area contributed by atoms with E-state index in [1.54, 1.807) is 24.4 Å². The zero-order chi connectivity index (χ0) is 17.3. The van der Waals surface area contributed by atoms with Crippen molar-refractivity contribution in [2.75, 3.05) is 17.2 Å². The number of fused-ring (bicyclic) bond motifs is 6. The molecule has 1 aliphatic carbocycles. The molecule has 1 atom stereocenters. The summed E-state index contributed by atoms with van der Waals surface area (Å²) in [6.07, 6.45) is 8.98. The Hall–Kier alpha value is -3.20. The summed E-state index contributed by atoms with van der Waals surface area (Å²) in [4.78, 5) is 10.9. The summed E-state index contributed by atoms with van der Waals surface area (Å²) in [5.74, 6) is 0.926. The number of methoxy groups -OCH3 is 1. The number of rotatable bonds is 3. The van der Waals surface area contributed by atoms with Crippen LogP contribution in [0, 0.1) is 0 Å². The smallest absolute Gasteiger partial charge is 0.173 e. The van der Waals surface area contributed by atoms with Gasteiger partial charge in [0.1, 0.15) is 24.0 Å². The summed E-state index contributed by atoms with van der Waals surface area (Å²) in [5.41, 5.74) is 2.83. The molecule has 130 valence electrons. The molecule has 9 nitrogen and oxygen atoms in total. The second-order valence-electron chi connectivity index (χ2n) is 6.69. The highest BCUT2D eigenvalue weighted by Gasteiger charge is 2.50. The van der Waals surface area contributed by atoms with E-state index in [9.17, 15) is 0 Å². The number of anilines is 1. The molecule has 0 amide bonds. The van der Waals surface area contributed by atoms with Gasteiger partial charge < -0.3 is 4.74 Å². The third-order valence-electron chi connectivity index (χ3n) is 5.38. The molecule has 0 N–H and O–H groups in total. The van der Waals surface area contributed by atoms with Crippen molar-refractivity contribution in [3.63, 3.8) is 0 Å². The Labute approximate surface area is 149 Å². The molecule has 0 saturated heterocycles. The monoisotopic (exact) mass is 348 g/mol. The second-order valence-corrected chi connectivity index (χ2v) is 6.69. The molecule has 6 rings (SSSR count). The fourth-order valence-corrected chi connectivity index (χ4v) is 3.86. The molecule has 2 aromatic heterocycles. The molecule has 0 bridgehead atoms. The van der Waals surface area contributed by atoms with Crippen molar-refractivity contribution in [3.05, 3.63) is 54.2 Å². The van der Waals surface area contributed by atoms with Crippen molar-refractivity contribution in [2.45, 2.75) is 24.6 Å². The zero-order valence-corrected chi connectivity index (χ0v) is 14.1. The summed E-state index contributed by atoms with van der Waals surface area (Å²) in [7, 11) is 1.73. The van der Waals surface area contributed by atoms with E-state index < -0.39 is 0 Å². The largest absolute Gasteiger partial charge is 0.372 e. The van der Waals surface area contributed by atoms with Gasteiger partial charge in [-0.3, -0.25) is 4.57 Å². The molecule has 9 heteroatoms. The summed E-state index contributed by atoms with van der Waals surface area (Å²) >= 11 is 0. The van der Waals surface area contributed by atoms with Gasteiger partial charge >= 0.3 is 0 Å². The lowest BCUT2D eigenvalue weighted by Crippen LogP contribution is -2.50. The van der Waals surface area contributed by atoms with E-state index in [2.05, 4.69) is 37.0 Å². The van der Waals surface area contributed by atoms with Gasteiger partial charge in [0.15, 0.2) is 12.0 Å². The van der Waals surface area contributed by atoms with E-state index in [4.69, 9.17) is 9.73 Å². The van der Waals surface area contributed by atoms with Gasteiger partial charge in [0.2, 0.25) is 0 Å². The number of hydrogen-bond acceptors (Lipinski definition) is 7. The van der Waals surface area contributed by atoms with Crippen LogP contribution in [0.25, 0.3) is 5.69 Å². The first-order valence-corrected chi connectivity index (χ1v) is 8.52. The van der Waals surface area contributed by atoms with Crippen LogP contribution in [0.15, 0.2) is 48.0 Å². The van der Waals surface area contributed by atoms with Gasteiger partial charge in [0.05, 0.1) is 18.1 Å². The van der Waals surface area contributed by atoms with Crippen molar-refractivity contribution in [1.29, 1.82) is 0 Å². The van der Waals surface area contributed by atoms with Gasteiger partial charge in [-0.15, -0.1) is 9.89 Å². The van der Waals surface area contributed by atoms with E-state index in [1.807, 2.05) is 29.8 Å². The molecule has 1 aromatic carbocycles. The molecular formula is C17H16N8O. The lowest BCUT2D eigenvalue weighted by Gasteiger charge is -2.37. The minimum absolute atomic E-state index is 0.162. The second kappa shape index (κ2) is 4.70. The number of benzene rings is 1. The minimum Gasteiger partial charge on any atom is -0.372 e. The molecule has 0 spiro atoms. The molecule has 26 heavy (non-hydrogen) atoms. The van der Waals surface area contributed by atoms with Crippen molar-refractivity contribution < 1.29 is 4.74 Å². The summed E-state index contributed by atoms with van der Waals surface area (Å²) < 4.78 is 7.79. The average molecular weight is 348 g/mol. The molecule has 3 aliphatic rings. The molecule has 1 saturated carbocycles. The molecule has 0 radical (unpaired) electrons. The van der Waals surface area contributed by atoms with E-state index in [-0.39, 0.29) is 11.8 Å². The molecule has 1 fully saturated rings. The molecule has 3 aromatic rings. The van der Waals surface area contributed by atoms with E-state index in [0.29, 0.717) is 0 Å². The maximum atomic E-state index is 5.73. The standard InChI is InChI=1S/C17H16N8O/c1-26-17(6-7-17)14-8-20-21-25(14)23-11-19-16-12-4-2-3-5-13(12)22-10-18-9-15(22)24(16)23/h2-5,8-11,16H,6-7H2,1H3. The maximum absolute atomic E-state index is 5.73. The third kappa shape index (κ3) is 1.63. The van der Waals surface area contributed by atoms with Crippen molar-refractivity contribution in [1.82, 2.24) is 24.7 Å². The average Bonchev–Trinajstić information content (AvgIpc) is 3.09. The van der Waals surface area contributed by atoms with Crippen molar-refractivity contribution in [3.8, 4) is 5.69 Å². The van der Waals surface area contributed by atoms with Crippen LogP contribution in [0.2, 0.25) is 0 Å². The van der Waals surface area contributed by atoms with Crippen molar-refractivity contribution >= 4 is 12.2 Å². The first-order chi connectivity index (χ1) is 12.8. The van der Waals surface area contributed by atoms with E-state index >= 15 is 0 Å². The summed E-state index contributed by atoms with van der Waals surface area (Å²) in [6, 6.07) is 8.24. The van der Waals surface area contributed by atoms with Gasteiger partial charge in [-0.1, -0.05) is 18.2 Å². The summed E-state index contributed by atoms with van der Waals surface area (Å²) in [5, 5.41) is 12.4. The predicted octanol–water partition coefficient (Wildman–Crippen LogP) is 1.51. The Bertz CT molecular complexity index is 1030. The van der Waals surface area contributed by atoms with E-state index in [0.717, 1.165) is 35.6 Å². The van der Waals surface area contributed by atoms with Crippen LogP contribution in [-0.2, 0) is 10.3 Å². The van der Waals surface area contributed by atoms with Crippen LogP contribution in [0.3, 0.4) is 0 Å². The van der Waals surface area contributed by atoms with Crippen LogP contribution in [0.5, 0.6) is 0 Å². The SMILES string of the molecule is COC1(c2cnnn2N2C=NC3c4ccccc4-n4cncc4N32)CC1. The quantitative estimate of drug-likeness (QED) is 0.714. The molecule has 2 aliphatic heterocycles. The fraction of sp³-hybridized carbons (Fsp3) is 0.294. The topological polar surface area (TPSA) is 76.6 Å². The highest BCUT2D eigenvalue weighted by atomic mass is 16.5. The Morgan fingerprint density at radius 2 is 2.08 bits per heavy atom. The number of ether oxygens (including phenoxy) is 1. The van der Waals surface area contributed by atoms with E-state index in [1.165, 1.54) is 0 Å². The summed E-state index contributed by atoms with van der Waals surface area (Å²) in [6.45, 7) is 0. The highest BCUT2D eigenvalue weighted by Crippen LogP contribution is 2.49. The fourth-order valence-electron chi connectivity index (χ4n) is 3.86. The Morgan fingerprint density at radius 1 is 1.19 bits per heavy atom. The number of nitrogens with zero attached hydrogens (tertiary/aromatic N) is 8. The Kier molecular flexibility index (Phi) is 2.53.